The highest BCUT2D eigenvalue weighted by Crippen LogP contribution is 2.23. The van der Waals surface area contributed by atoms with Gasteiger partial charge in [0.2, 0.25) is 0 Å². The Bertz CT molecular complexity index is 391. The van der Waals surface area contributed by atoms with Gasteiger partial charge >= 0.3 is 0 Å². The molecular weight excluding hydrogens is 232 g/mol. The van der Waals surface area contributed by atoms with E-state index in [0.717, 1.165) is 11.5 Å². The molecule has 0 radical (unpaired) electrons. The number of thioether (sulfide) groups is 1. The first-order valence-corrected chi connectivity index (χ1v) is 6.79. The molecule has 3 N–H and O–H groups in total. The first-order valence-electron chi connectivity index (χ1n) is 5.63. The molecule has 3 nitrogen and oxygen atoms in total. The summed E-state index contributed by atoms with van der Waals surface area (Å²) < 4.78 is 5.24. The number of benzene rings is 1. The van der Waals surface area contributed by atoms with Crippen LogP contribution in [0.4, 0.5) is 0 Å². The van der Waals surface area contributed by atoms with Crippen molar-refractivity contribution in [2.75, 3.05) is 12.9 Å². The molecule has 0 spiro atoms. The minimum absolute atomic E-state index is 0.0447. The van der Waals surface area contributed by atoms with Gasteiger partial charge in [-0.15, -0.1) is 0 Å². The highest BCUT2D eigenvalue weighted by molar-refractivity contribution is 7.98. The van der Waals surface area contributed by atoms with E-state index in [9.17, 15) is 0 Å². The van der Waals surface area contributed by atoms with Gasteiger partial charge in [0.25, 0.3) is 0 Å². The Kier molecular flexibility index (Phi) is 5.35. The zero-order valence-corrected chi connectivity index (χ0v) is 11.4. The van der Waals surface area contributed by atoms with Gasteiger partial charge in [-0.05, 0) is 29.4 Å². The van der Waals surface area contributed by atoms with Crippen molar-refractivity contribution in [2.24, 2.45) is 11.7 Å². The van der Waals surface area contributed by atoms with Crippen LogP contribution in [0.25, 0.3) is 0 Å². The highest BCUT2D eigenvalue weighted by atomic mass is 32.2. The highest BCUT2D eigenvalue weighted by Gasteiger charge is 2.07. The molecule has 17 heavy (non-hydrogen) atoms. The van der Waals surface area contributed by atoms with Crippen LogP contribution in [-0.2, 0) is 5.75 Å². The van der Waals surface area contributed by atoms with Gasteiger partial charge in [0.05, 0.1) is 12.7 Å². The Morgan fingerprint density at radius 2 is 2.18 bits per heavy atom. The lowest BCUT2D eigenvalue weighted by atomic mass is 10.1. The molecule has 1 aromatic carbocycles. The first-order chi connectivity index (χ1) is 8.04. The number of methoxy groups -OCH3 is 1. The molecule has 4 heteroatoms. The predicted octanol–water partition coefficient (Wildman–Crippen LogP) is 2.87. The largest absolute Gasteiger partial charge is 0.496 e. The minimum atomic E-state index is 0.0447. The second-order valence-corrected chi connectivity index (χ2v) is 5.39. The monoisotopic (exact) mass is 252 g/mol. The summed E-state index contributed by atoms with van der Waals surface area (Å²) in [7, 11) is 1.60. The molecule has 0 unspecified atom stereocenters. The predicted molar refractivity (Wildman–Crippen MR) is 75.0 cm³/mol. The molecule has 0 amide bonds. The van der Waals surface area contributed by atoms with Gasteiger partial charge in [-0.3, -0.25) is 5.41 Å². The van der Waals surface area contributed by atoms with Crippen LogP contribution in [0.15, 0.2) is 18.2 Å². The minimum Gasteiger partial charge on any atom is -0.496 e. The summed E-state index contributed by atoms with van der Waals surface area (Å²) in [6, 6.07) is 5.82. The number of ether oxygens (including phenoxy) is 1. The van der Waals surface area contributed by atoms with Crippen molar-refractivity contribution in [3.63, 3.8) is 0 Å². The van der Waals surface area contributed by atoms with E-state index in [1.54, 1.807) is 7.11 Å². The lowest BCUT2D eigenvalue weighted by Crippen LogP contribution is -2.12. The lowest BCUT2D eigenvalue weighted by molar-refractivity contribution is 0.413. The van der Waals surface area contributed by atoms with E-state index in [4.69, 9.17) is 15.9 Å². The summed E-state index contributed by atoms with van der Waals surface area (Å²) in [5.74, 6) is 3.55. The van der Waals surface area contributed by atoms with Crippen molar-refractivity contribution in [3.8, 4) is 5.75 Å². The number of rotatable bonds is 6. The maximum atomic E-state index is 7.44. The fourth-order valence-electron chi connectivity index (χ4n) is 1.46. The molecule has 0 aromatic heterocycles. The Balaban J connectivity index is 2.72. The third-order valence-corrected chi connectivity index (χ3v) is 3.72. The third-order valence-electron chi connectivity index (χ3n) is 2.28. The quantitative estimate of drug-likeness (QED) is 0.604. The molecular formula is C13H20N2OS. The SMILES string of the molecule is COc1cc(CSCC(C)C)ccc1C(=N)N. The maximum Gasteiger partial charge on any atom is 0.130 e. The van der Waals surface area contributed by atoms with Gasteiger partial charge in [0.1, 0.15) is 11.6 Å². The molecule has 0 saturated carbocycles. The Morgan fingerprint density at radius 1 is 1.47 bits per heavy atom. The fourth-order valence-corrected chi connectivity index (χ4v) is 2.46. The average molecular weight is 252 g/mol. The smallest absolute Gasteiger partial charge is 0.130 e. The van der Waals surface area contributed by atoms with Crippen LogP contribution >= 0.6 is 11.8 Å². The van der Waals surface area contributed by atoms with Gasteiger partial charge in [-0.2, -0.15) is 11.8 Å². The maximum absolute atomic E-state index is 7.44. The number of hydrogen-bond donors (Lipinski definition) is 2. The van der Waals surface area contributed by atoms with E-state index in [1.807, 2.05) is 30.0 Å². The van der Waals surface area contributed by atoms with Crippen LogP contribution in [0.5, 0.6) is 5.75 Å². The van der Waals surface area contributed by atoms with Gasteiger partial charge < -0.3 is 10.5 Å². The summed E-state index contributed by atoms with van der Waals surface area (Å²) in [6.07, 6.45) is 0. The standard InChI is InChI=1S/C13H20N2OS/c1-9(2)7-17-8-10-4-5-11(13(14)15)12(6-10)16-3/h4-6,9H,7-8H2,1-3H3,(H3,14,15). The van der Waals surface area contributed by atoms with E-state index >= 15 is 0 Å². The molecule has 1 rings (SSSR count). The Hall–Kier alpha value is -1.16. The van der Waals surface area contributed by atoms with Crippen LogP contribution in [0.2, 0.25) is 0 Å². The lowest BCUT2D eigenvalue weighted by Gasteiger charge is -2.10. The van der Waals surface area contributed by atoms with Gasteiger partial charge in [-0.1, -0.05) is 19.9 Å². The van der Waals surface area contributed by atoms with Crippen LogP contribution in [0, 0.1) is 11.3 Å². The zero-order valence-electron chi connectivity index (χ0n) is 10.6. The van der Waals surface area contributed by atoms with Crippen molar-refractivity contribution in [2.45, 2.75) is 19.6 Å². The molecule has 0 aliphatic heterocycles. The topological polar surface area (TPSA) is 59.1 Å². The summed E-state index contributed by atoms with van der Waals surface area (Å²) in [6.45, 7) is 4.43. The molecule has 0 fully saturated rings. The number of nitrogens with one attached hydrogen (secondary N) is 1. The van der Waals surface area contributed by atoms with Crippen molar-refractivity contribution < 1.29 is 4.74 Å². The molecule has 0 aliphatic rings. The van der Waals surface area contributed by atoms with Gasteiger partial charge in [0, 0.05) is 5.75 Å². The number of amidine groups is 1. The Morgan fingerprint density at radius 3 is 2.71 bits per heavy atom. The van der Waals surface area contributed by atoms with E-state index in [2.05, 4.69) is 13.8 Å². The normalized spacial score (nSPS) is 10.6. The van der Waals surface area contributed by atoms with Gasteiger partial charge in [0.15, 0.2) is 0 Å². The first kappa shape index (κ1) is 13.9. The van der Waals surface area contributed by atoms with Crippen LogP contribution in [0.1, 0.15) is 25.0 Å². The zero-order chi connectivity index (χ0) is 12.8. The van der Waals surface area contributed by atoms with Crippen molar-refractivity contribution in [1.29, 1.82) is 5.41 Å². The summed E-state index contributed by atoms with van der Waals surface area (Å²) >= 11 is 1.91. The van der Waals surface area contributed by atoms with E-state index < -0.39 is 0 Å². The van der Waals surface area contributed by atoms with Crippen LogP contribution < -0.4 is 10.5 Å². The summed E-state index contributed by atoms with van der Waals surface area (Å²) in [5.41, 5.74) is 7.34. The van der Waals surface area contributed by atoms with Gasteiger partial charge in [-0.25, -0.2) is 0 Å². The molecule has 0 bridgehead atoms. The number of hydrogen-bond acceptors (Lipinski definition) is 3. The van der Waals surface area contributed by atoms with Crippen LogP contribution in [0.3, 0.4) is 0 Å². The van der Waals surface area contributed by atoms with Crippen molar-refractivity contribution in [3.05, 3.63) is 29.3 Å². The van der Waals surface area contributed by atoms with Crippen molar-refractivity contribution in [1.82, 2.24) is 0 Å². The molecule has 0 saturated heterocycles. The second-order valence-electron chi connectivity index (χ2n) is 4.36. The summed E-state index contributed by atoms with van der Waals surface area (Å²) in [5, 5.41) is 7.44. The molecule has 1 aromatic rings. The van der Waals surface area contributed by atoms with Crippen molar-refractivity contribution >= 4 is 17.6 Å². The Labute approximate surface area is 107 Å². The summed E-state index contributed by atoms with van der Waals surface area (Å²) in [4.78, 5) is 0. The molecule has 0 heterocycles. The van der Waals surface area contributed by atoms with E-state index in [-0.39, 0.29) is 5.84 Å². The third kappa shape index (κ3) is 4.30. The molecule has 94 valence electrons. The second kappa shape index (κ2) is 6.55. The van der Waals surface area contributed by atoms with E-state index in [1.165, 1.54) is 5.56 Å². The average Bonchev–Trinajstić information content (AvgIpc) is 2.28. The molecule has 0 aliphatic carbocycles. The number of nitrogen functional groups attached to an aromatic ring is 1. The fraction of sp³-hybridized carbons (Fsp3) is 0.462. The van der Waals surface area contributed by atoms with E-state index in [0.29, 0.717) is 17.2 Å². The van der Waals surface area contributed by atoms with Crippen LogP contribution in [-0.4, -0.2) is 18.7 Å². The molecule has 0 atom stereocenters. The number of nitrogens with two attached hydrogens (primary N) is 1.